The first-order valence-corrected chi connectivity index (χ1v) is 11.3. The zero-order chi connectivity index (χ0) is 23.5. The fourth-order valence-corrected chi connectivity index (χ4v) is 4.71. The van der Waals surface area contributed by atoms with E-state index in [9.17, 15) is 14.4 Å². The van der Waals surface area contributed by atoms with E-state index in [-0.39, 0.29) is 17.7 Å². The minimum absolute atomic E-state index is 0.0259. The summed E-state index contributed by atoms with van der Waals surface area (Å²) in [5.41, 5.74) is 4.22. The number of aromatic amines is 2. The Labute approximate surface area is 192 Å². The number of aromatic nitrogens is 2. The minimum atomic E-state index is -0.466. The zero-order valence-corrected chi connectivity index (χ0v) is 19.3. The number of ether oxygens (including phenoxy) is 1. The van der Waals surface area contributed by atoms with E-state index in [1.165, 1.54) is 18.1 Å². The molecule has 33 heavy (non-hydrogen) atoms. The summed E-state index contributed by atoms with van der Waals surface area (Å²) < 4.78 is 4.83. The fourth-order valence-electron chi connectivity index (χ4n) is 4.71. The van der Waals surface area contributed by atoms with Gasteiger partial charge in [0.2, 0.25) is 5.91 Å². The number of piperidine rings is 1. The van der Waals surface area contributed by atoms with Crippen molar-refractivity contribution in [3.63, 3.8) is 0 Å². The number of nitrogens with one attached hydrogen (secondary N) is 3. The van der Waals surface area contributed by atoms with Gasteiger partial charge in [-0.05, 0) is 50.3 Å². The number of esters is 1. The second-order valence-electron chi connectivity index (χ2n) is 8.61. The van der Waals surface area contributed by atoms with Crippen molar-refractivity contribution in [2.24, 2.45) is 5.92 Å². The minimum Gasteiger partial charge on any atom is -0.465 e. The summed E-state index contributed by atoms with van der Waals surface area (Å²) in [4.78, 5) is 46.0. The fraction of sp³-hybridized carbons (Fsp3) is 0.400. The molecule has 0 aliphatic carbocycles. The van der Waals surface area contributed by atoms with E-state index in [0.29, 0.717) is 42.1 Å². The van der Waals surface area contributed by atoms with Gasteiger partial charge in [0.25, 0.3) is 5.91 Å². The normalized spacial score (nSPS) is 16.1. The van der Waals surface area contributed by atoms with E-state index in [0.717, 1.165) is 24.8 Å². The molecule has 1 saturated heterocycles. The number of methoxy groups -OCH3 is 1. The van der Waals surface area contributed by atoms with E-state index < -0.39 is 5.97 Å². The van der Waals surface area contributed by atoms with Crippen molar-refractivity contribution in [3.8, 4) is 0 Å². The van der Waals surface area contributed by atoms with Gasteiger partial charge in [0.1, 0.15) is 5.69 Å². The largest absolute Gasteiger partial charge is 0.465 e. The van der Waals surface area contributed by atoms with Crippen molar-refractivity contribution < 1.29 is 19.1 Å². The van der Waals surface area contributed by atoms with Crippen LogP contribution in [0.5, 0.6) is 0 Å². The number of hydrogen-bond acceptors (Lipinski definition) is 4. The number of H-pyrrole nitrogens is 2. The molecule has 0 radical (unpaired) electrons. The van der Waals surface area contributed by atoms with Gasteiger partial charge in [-0.15, -0.1) is 0 Å². The summed E-state index contributed by atoms with van der Waals surface area (Å²) >= 11 is 0. The molecule has 2 amide bonds. The molecular formula is C25H30N4O4. The first-order valence-electron chi connectivity index (χ1n) is 11.3. The monoisotopic (exact) mass is 450 g/mol. The average Bonchev–Trinajstić information content (AvgIpc) is 3.38. The predicted octanol–water partition coefficient (Wildman–Crippen LogP) is 3.11. The number of para-hydroxylation sites is 1. The molecule has 2 aromatic heterocycles. The molecule has 1 atom stereocenters. The van der Waals surface area contributed by atoms with Crippen LogP contribution in [0.4, 0.5) is 0 Å². The molecule has 1 fully saturated rings. The number of fused-ring (bicyclic) bond motifs is 1. The van der Waals surface area contributed by atoms with Crippen molar-refractivity contribution in [3.05, 3.63) is 58.5 Å². The van der Waals surface area contributed by atoms with Gasteiger partial charge in [-0.1, -0.05) is 18.2 Å². The number of amides is 2. The zero-order valence-electron chi connectivity index (χ0n) is 19.3. The Morgan fingerprint density at radius 1 is 1.21 bits per heavy atom. The molecule has 0 bridgehead atoms. The predicted molar refractivity (Wildman–Crippen MR) is 125 cm³/mol. The van der Waals surface area contributed by atoms with Gasteiger partial charge >= 0.3 is 5.97 Å². The standard InChI is InChI=1S/C25H30N4O4/c1-15-21(25(32)33-3)16(2)28-22(15)24(31)29-12-6-7-18(14-29)23(30)26-11-10-17-13-27-20-9-5-4-8-19(17)20/h4-5,8-9,13,18,27-28H,6-7,10-12,14H2,1-3H3,(H,26,30)/t18-/m1/s1. The number of benzene rings is 1. The lowest BCUT2D eigenvalue weighted by atomic mass is 9.96. The van der Waals surface area contributed by atoms with Crippen LogP contribution in [-0.2, 0) is 16.0 Å². The molecule has 8 heteroatoms. The number of aryl methyl sites for hydroxylation is 1. The first kappa shape index (κ1) is 22.6. The molecule has 3 N–H and O–H groups in total. The summed E-state index contributed by atoms with van der Waals surface area (Å²) in [5, 5.41) is 4.21. The second kappa shape index (κ2) is 9.52. The summed E-state index contributed by atoms with van der Waals surface area (Å²) in [6.07, 6.45) is 4.23. The lowest BCUT2D eigenvalue weighted by Gasteiger charge is -2.32. The Hall–Kier alpha value is -3.55. The van der Waals surface area contributed by atoms with Crippen LogP contribution in [-0.4, -0.2) is 59.4 Å². The highest BCUT2D eigenvalue weighted by atomic mass is 16.5. The highest BCUT2D eigenvalue weighted by molar-refractivity contribution is 6.00. The van der Waals surface area contributed by atoms with Gasteiger partial charge < -0.3 is 24.9 Å². The van der Waals surface area contributed by atoms with E-state index in [1.54, 1.807) is 18.7 Å². The smallest absolute Gasteiger partial charge is 0.339 e. The van der Waals surface area contributed by atoms with Gasteiger partial charge in [-0.2, -0.15) is 0 Å². The third-order valence-corrected chi connectivity index (χ3v) is 6.49. The van der Waals surface area contributed by atoms with E-state index in [1.807, 2.05) is 24.4 Å². The SMILES string of the molecule is COC(=O)c1c(C)[nH]c(C(=O)N2CCC[C@@H](C(=O)NCCc3c[nH]c4ccccc34)C2)c1C. The molecule has 0 unspecified atom stereocenters. The Balaban J connectivity index is 1.36. The molecule has 4 rings (SSSR count). The Bertz CT molecular complexity index is 1190. The van der Waals surface area contributed by atoms with Crippen molar-refractivity contribution >= 4 is 28.7 Å². The van der Waals surface area contributed by atoms with Crippen molar-refractivity contribution in [2.75, 3.05) is 26.7 Å². The molecule has 0 saturated carbocycles. The van der Waals surface area contributed by atoms with Gasteiger partial charge in [0.15, 0.2) is 0 Å². The van der Waals surface area contributed by atoms with E-state index >= 15 is 0 Å². The van der Waals surface area contributed by atoms with Crippen LogP contribution in [0.25, 0.3) is 10.9 Å². The topological polar surface area (TPSA) is 107 Å². The van der Waals surface area contributed by atoms with Crippen LogP contribution in [0.3, 0.4) is 0 Å². The summed E-state index contributed by atoms with van der Waals surface area (Å²) in [7, 11) is 1.32. The van der Waals surface area contributed by atoms with Crippen LogP contribution in [0.2, 0.25) is 0 Å². The van der Waals surface area contributed by atoms with Gasteiger partial charge in [0.05, 0.1) is 18.6 Å². The molecule has 8 nitrogen and oxygen atoms in total. The Morgan fingerprint density at radius 3 is 2.79 bits per heavy atom. The molecular weight excluding hydrogens is 420 g/mol. The lowest BCUT2D eigenvalue weighted by Crippen LogP contribution is -2.46. The van der Waals surface area contributed by atoms with Crippen molar-refractivity contribution in [2.45, 2.75) is 33.1 Å². The lowest BCUT2D eigenvalue weighted by molar-refractivity contribution is -0.126. The number of carbonyl (C=O) groups is 3. The number of likely N-dealkylation sites (tertiary alicyclic amines) is 1. The Morgan fingerprint density at radius 2 is 2.00 bits per heavy atom. The van der Waals surface area contributed by atoms with Gasteiger partial charge in [-0.25, -0.2) is 4.79 Å². The van der Waals surface area contributed by atoms with Crippen LogP contribution in [0, 0.1) is 19.8 Å². The van der Waals surface area contributed by atoms with Crippen molar-refractivity contribution in [1.29, 1.82) is 0 Å². The number of rotatable bonds is 6. The molecule has 0 spiro atoms. The summed E-state index contributed by atoms with van der Waals surface area (Å²) in [5.74, 6) is -0.933. The molecule has 1 aliphatic heterocycles. The number of nitrogens with zero attached hydrogens (tertiary/aromatic N) is 1. The maximum Gasteiger partial charge on any atom is 0.339 e. The second-order valence-corrected chi connectivity index (χ2v) is 8.61. The van der Waals surface area contributed by atoms with Gasteiger partial charge in [0, 0.05) is 42.4 Å². The first-order chi connectivity index (χ1) is 15.9. The molecule has 1 aliphatic rings. The number of carbonyl (C=O) groups excluding carboxylic acids is 3. The average molecular weight is 451 g/mol. The van der Waals surface area contributed by atoms with E-state index in [2.05, 4.69) is 21.4 Å². The van der Waals surface area contributed by atoms with Crippen molar-refractivity contribution in [1.82, 2.24) is 20.2 Å². The van der Waals surface area contributed by atoms with E-state index in [4.69, 9.17) is 4.74 Å². The molecule has 174 valence electrons. The molecule has 1 aromatic carbocycles. The molecule has 3 aromatic rings. The van der Waals surface area contributed by atoms with Crippen LogP contribution >= 0.6 is 0 Å². The third-order valence-electron chi connectivity index (χ3n) is 6.49. The Kier molecular flexibility index (Phi) is 6.53. The highest BCUT2D eigenvalue weighted by Gasteiger charge is 2.31. The highest BCUT2D eigenvalue weighted by Crippen LogP contribution is 2.24. The quantitative estimate of drug-likeness (QED) is 0.502. The summed E-state index contributed by atoms with van der Waals surface area (Å²) in [6, 6.07) is 8.11. The summed E-state index contributed by atoms with van der Waals surface area (Å²) in [6.45, 7) is 4.98. The third kappa shape index (κ3) is 4.51. The van der Waals surface area contributed by atoms with Crippen LogP contribution in [0.15, 0.2) is 30.5 Å². The van der Waals surface area contributed by atoms with Crippen LogP contribution < -0.4 is 5.32 Å². The van der Waals surface area contributed by atoms with Crippen LogP contribution in [0.1, 0.15) is 50.5 Å². The maximum absolute atomic E-state index is 13.2. The molecule has 3 heterocycles. The number of hydrogen-bond donors (Lipinski definition) is 3. The van der Waals surface area contributed by atoms with Gasteiger partial charge in [-0.3, -0.25) is 9.59 Å². The maximum atomic E-state index is 13.2.